The molecule has 0 aliphatic heterocycles. The summed E-state index contributed by atoms with van der Waals surface area (Å²) in [6.07, 6.45) is 5.38. The SMILES string of the molecule is N#Cc1ncc(Cl)c(N(NC(=O)c2ccc(CBr)cc2)C2CCCC2)n1. The third kappa shape index (κ3) is 4.14. The summed E-state index contributed by atoms with van der Waals surface area (Å²) in [5, 5.41) is 11.8. The number of alkyl halides is 1. The zero-order valence-corrected chi connectivity index (χ0v) is 16.3. The van der Waals surface area contributed by atoms with Crippen LogP contribution in [0.25, 0.3) is 0 Å². The van der Waals surface area contributed by atoms with E-state index in [-0.39, 0.29) is 17.8 Å². The van der Waals surface area contributed by atoms with Crippen molar-refractivity contribution in [1.29, 1.82) is 5.26 Å². The summed E-state index contributed by atoms with van der Waals surface area (Å²) in [7, 11) is 0. The van der Waals surface area contributed by atoms with Gasteiger partial charge in [0, 0.05) is 10.9 Å². The molecule has 1 aliphatic carbocycles. The first-order valence-corrected chi connectivity index (χ1v) is 9.80. The molecule has 0 unspecified atom stereocenters. The number of halogens is 2. The van der Waals surface area contributed by atoms with Crippen LogP contribution in [0, 0.1) is 11.3 Å². The number of aromatic nitrogens is 2. The van der Waals surface area contributed by atoms with Gasteiger partial charge in [-0.3, -0.25) is 15.2 Å². The van der Waals surface area contributed by atoms with Gasteiger partial charge < -0.3 is 0 Å². The summed E-state index contributed by atoms with van der Waals surface area (Å²) in [6.45, 7) is 0. The summed E-state index contributed by atoms with van der Waals surface area (Å²) < 4.78 is 0. The number of rotatable bonds is 5. The number of amides is 1. The van der Waals surface area contributed by atoms with Crippen LogP contribution in [-0.2, 0) is 5.33 Å². The molecule has 1 saturated carbocycles. The molecule has 1 heterocycles. The maximum absolute atomic E-state index is 12.7. The van der Waals surface area contributed by atoms with E-state index >= 15 is 0 Å². The molecule has 0 radical (unpaired) electrons. The van der Waals surface area contributed by atoms with Crippen molar-refractivity contribution in [3.63, 3.8) is 0 Å². The fourth-order valence-corrected chi connectivity index (χ4v) is 3.54. The Hall–Kier alpha value is -2.17. The molecule has 0 spiro atoms. The smallest absolute Gasteiger partial charge is 0.267 e. The largest absolute Gasteiger partial charge is 0.269 e. The first-order chi connectivity index (χ1) is 12.6. The lowest BCUT2D eigenvalue weighted by Crippen LogP contribution is -2.48. The van der Waals surface area contributed by atoms with Gasteiger partial charge in [0.15, 0.2) is 5.82 Å². The Morgan fingerprint density at radius 3 is 2.65 bits per heavy atom. The lowest BCUT2D eigenvalue weighted by Gasteiger charge is -2.30. The number of benzene rings is 1. The maximum atomic E-state index is 12.7. The Bertz CT molecular complexity index is 830. The Morgan fingerprint density at radius 1 is 1.35 bits per heavy atom. The van der Waals surface area contributed by atoms with Crippen molar-refractivity contribution in [2.75, 3.05) is 5.01 Å². The van der Waals surface area contributed by atoms with Crippen molar-refractivity contribution < 1.29 is 4.79 Å². The fourth-order valence-electron chi connectivity index (χ4n) is 2.98. The predicted molar refractivity (Wildman–Crippen MR) is 103 cm³/mol. The zero-order chi connectivity index (χ0) is 18.5. The highest BCUT2D eigenvalue weighted by Crippen LogP contribution is 2.30. The Balaban J connectivity index is 1.89. The topological polar surface area (TPSA) is 81.9 Å². The standard InChI is InChI=1S/C18H17BrClN5O/c19-9-12-5-7-13(8-6-12)18(26)24-25(14-3-1-2-4-14)17-15(20)11-22-16(10-21)23-17/h5-8,11,14H,1-4,9H2,(H,24,26). The van der Waals surface area contributed by atoms with Crippen molar-refractivity contribution in [3.8, 4) is 6.07 Å². The molecule has 2 aromatic rings. The van der Waals surface area contributed by atoms with Gasteiger partial charge in [-0.15, -0.1) is 0 Å². The molecular weight excluding hydrogens is 418 g/mol. The lowest BCUT2D eigenvalue weighted by molar-refractivity contribution is 0.0944. The van der Waals surface area contributed by atoms with Gasteiger partial charge in [0.2, 0.25) is 5.82 Å². The number of hydrazine groups is 1. The molecule has 0 bridgehead atoms. The van der Waals surface area contributed by atoms with E-state index in [2.05, 4.69) is 31.3 Å². The summed E-state index contributed by atoms with van der Waals surface area (Å²) in [5.74, 6) is 0.130. The highest BCUT2D eigenvalue weighted by Gasteiger charge is 2.28. The minimum Gasteiger partial charge on any atom is -0.267 e. The molecule has 8 heteroatoms. The highest BCUT2D eigenvalue weighted by molar-refractivity contribution is 9.08. The summed E-state index contributed by atoms with van der Waals surface area (Å²) in [6, 6.07) is 9.35. The maximum Gasteiger partial charge on any atom is 0.269 e. The summed E-state index contributed by atoms with van der Waals surface area (Å²) in [5.41, 5.74) is 4.55. The summed E-state index contributed by atoms with van der Waals surface area (Å²) >= 11 is 9.65. The second-order valence-electron chi connectivity index (χ2n) is 6.06. The third-order valence-electron chi connectivity index (χ3n) is 4.34. The lowest BCUT2D eigenvalue weighted by atomic mass is 10.1. The molecule has 1 aliphatic rings. The van der Waals surface area contributed by atoms with Crippen molar-refractivity contribution in [2.24, 2.45) is 0 Å². The molecule has 0 atom stereocenters. The second kappa shape index (κ2) is 8.47. The van der Waals surface area contributed by atoms with Crippen molar-refractivity contribution in [1.82, 2.24) is 15.4 Å². The molecule has 26 heavy (non-hydrogen) atoms. The average Bonchev–Trinajstić information content (AvgIpc) is 3.21. The van der Waals surface area contributed by atoms with E-state index in [4.69, 9.17) is 16.9 Å². The normalized spacial score (nSPS) is 14.0. The number of anilines is 1. The van der Waals surface area contributed by atoms with Crippen LogP contribution in [0.3, 0.4) is 0 Å². The van der Waals surface area contributed by atoms with Gasteiger partial charge in [0.25, 0.3) is 5.91 Å². The van der Waals surface area contributed by atoms with Crippen LogP contribution in [0.4, 0.5) is 5.82 Å². The molecule has 1 amide bonds. The molecule has 1 fully saturated rings. The molecular formula is C18H17BrClN5O. The quantitative estimate of drug-likeness (QED) is 0.568. The van der Waals surface area contributed by atoms with Crippen LogP contribution in [0.2, 0.25) is 5.02 Å². The van der Waals surface area contributed by atoms with E-state index in [1.165, 1.54) is 6.20 Å². The van der Waals surface area contributed by atoms with Gasteiger partial charge in [0.1, 0.15) is 11.1 Å². The molecule has 1 aromatic carbocycles. The Kier molecular flexibility index (Phi) is 6.07. The summed E-state index contributed by atoms with van der Waals surface area (Å²) in [4.78, 5) is 20.8. The number of carbonyl (C=O) groups excluding carboxylic acids is 1. The molecule has 0 saturated heterocycles. The van der Waals surface area contributed by atoms with Gasteiger partial charge in [-0.05, 0) is 30.5 Å². The minimum atomic E-state index is -0.244. The van der Waals surface area contributed by atoms with Gasteiger partial charge in [-0.2, -0.15) is 10.2 Å². The minimum absolute atomic E-state index is 0.0170. The van der Waals surface area contributed by atoms with Crippen LogP contribution in [0.1, 0.15) is 47.4 Å². The second-order valence-corrected chi connectivity index (χ2v) is 7.02. The van der Waals surface area contributed by atoms with Gasteiger partial charge in [-0.1, -0.05) is 52.5 Å². The van der Waals surface area contributed by atoms with Crippen LogP contribution in [0.5, 0.6) is 0 Å². The molecule has 1 N–H and O–H groups in total. The van der Waals surface area contributed by atoms with Crippen LogP contribution >= 0.6 is 27.5 Å². The van der Waals surface area contributed by atoms with Gasteiger partial charge in [-0.25, -0.2) is 4.98 Å². The average molecular weight is 435 g/mol. The van der Waals surface area contributed by atoms with E-state index in [0.717, 1.165) is 36.6 Å². The molecule has 134 valence electrons. The Labute approximate surface area is 165 Å². The number of nitrogens with zero attached hydrogens (tertiary/aromatic N) is 4. The highest BCUT2D eigenvalue weighted by atomic mass is 79.9. The molecule has 6 nitrogen and oxygen atoms in total. The third-order valence-corrected chi connectivity index (χ3v) is 5.25. The zero-order valence-electron chi connectivity index (χ0n) is 14.0. The number of nitriles is 1. The van der Waals surface area contributed by atoms with Crippen molar-refractivity contribution >= 4 is 39.3 Å². The van der Waals surface area contributed by atoms with Crippen LogP contribution < -0.4 is 10.4 Å². The predicted octanol–water partition coefficient (Wildman–Crippen LogP) is 3.99. The number of carbonyl (C=O) groups is 1. The monoisotopic (exact) mass is 433 g/mol. The number of hydrogen-bond donors (Lipinski definition) is 1. The van der Waals surface area contributed by atoms with E-state index in [1.807, 2.05) is 18.2 Å². The Morgan fingerprint density at radius 2 is 2.04 bits per heavy atom. The van der Waals surface area contributed by atoms with Crippen LogP contribution in [0.15, 0.2) is 30.5 Å². The van der Waals surface area contributed by atoms with Gasteiger partial charge in [0.05, 0.1) is 12.2 Å². The first kappa shape index (κ1) is 18.6. The number of hydrogen-bond acceptors (Lipinski definition) is 5. The van der Waals surface area contributed by atoms with Gasteiger partial charge >= 0.3 is 0 Å². The van der Waals surface area contributed by atoms with E-state index < -0.39 is 0 Å². The molecule has 3 rings (SSSR count). The van der Waals surface area contributed by atoms with E-state index in [0.29, 0.717) is 16.4 Å². The van der Waals surface area contributed by atoms with Crippen LogP contribution in [-0.4, -0.2) is 21.9 Å². The van der Waals surface area contributed by atoms with Crippen molar-refractivity contribution in [2.45, 2.75) is 37.1 Å². The fraction of sp³-hybridized carbons (Fsp3) is 0.333. The first-order valence-electron chi connectivity index (χ1n) is 8.30. The van der Waals surface area contributed by atoms with E-state index in [1.54, 1.807) is 17.1 Å². The molecule has 1 aromatic heterocycles. The van der Waals surface area contributed by atoms with E-state index in [9.17, 15) is 4.79 Å². The number of nitrogens with one attached hydrogen (secondary N) is 1. The van der Waals surface area contributed by atoms with Crippen molar-refractivity contribution in [3.05, 3.63) is 52.4 Å².